The van der Waals surface area contributed by atoms with Crippen molar-refractivity contribution in [2.24, 2.45) is 0 Å². The molecule has 2 amide bonds. The summed E-state index contributed by atoms with van der Waals surface area (Å²) in [6.07, 6.45) is 0.526. The van der Waals surface area contributed by atoms with E-state index in [1.165, 1.54) is 0 Å². The Morgan fingerprint density at radius 1 is 0.844 bits per heavy atom. The number of rotatable bonds is 3. The number of aromatic amines is 1. The Hall–Kier alpha value is -3.86. The quantitative estimate of drug-likeness (QED) is 0.543. The molecule has 1 fully saturated rings. The van der Waals surface area contributed by atoms with Gasteiger partial charge >= 0.3 is 0 Å². The number of aromatic nitrogens is 1. The van der Waals surface area contributed by atoms with Crippen LogP contribution in [-0.4, -0.2) is 39.2 Å². The molecule has 0 bridgehead atoms. The van der Waals surface area contributed by atoms with Crippen molar-refractivity contribution in [3.05, 3.63) is 107 Å². The molecular weight excluding hydrogens is 398 g/mol. The van der Waals surface area contributed by atoms with Crippen molar-refractivity contribution in [1.82, 2.24) is 14.8 Å². The van der Waals surface area contributed by atoms with Gasteiger partial charge < -0.3 is 14.8 Å². The van der Waals surface area contributed by atoms with Crippen LogP contribution in [0.2, 0.25) is 0 Å². The third kappa shape index (κ3) is 2.93. The van der Waals surface area contributed by atoms with Gasteiger partial charge in [-0.05, 0) is 22.8 Å². The van der Waals surface area contributed by atoms with Crippen molar-refractivity contribution < 1.29 is 9.59 Å². The lowest BCUT2D eigenvalue weighted by molar-refractivity contribution is -0.159. The molecule has 0 unspecified atom stereocenters. The van der Waals surface area contributed by atoms with Gasteiger partial charge in [0, 0.05) is 29.6 Å². The number of nitrogens with zero attached hydrogens (tertiary/aromatic N) is 2. The molecule has 0 radical (unpaired) electrons. The molecule has 4 aromatic rings. The lowest BCUT2D eigenvalue weighted by Gasteiger charge is -2.47. The number of H-pyrrole nitrogens is 1. The molecule has 6 rings (SSSR count). The first-order chi connectivity index (χ1) is 15.7. The minimum Gasteiger partial charge on any atom is -0.356 e. The first-order valence-electron chi connectivity index (χ1n) is 11.0. The molecule has 32 heavy (non-hydrogen) atoms. The normalized spacial score (nSPS) is 20.4. The fourth-order valence-corrected chi connectivity index (χ4v) is 5.24. The van der Waals surface area contributed by atoms with Gasteiger partial charge in [-0.1, -0.05) is 78.9 Å². The van der Waals surface area contributed by atoms with Crippen LogP contribution in [0.1, 0.15) is 28.4 Å². The fourth-order valence-electron chi connectivity index (χ4n) is 5.24. The molecule has 2 aliphatic heterocycles. The number of amides is 2. The Bertz CT molecular complexity index is 1310. The van der Waals surface area contributed by atoms with Crippen molar-refractivity contribution in [2.45, 2.75) is 25.0 Å². The lowest BCUT2D eigenvalue weighted by Crippen LogP contribution is -2.62. The predicted molar refractivity (Wildman–Crippen MR) is 123 cm³/mol. The van der Waals surface area contributed by atoms with Crippen LogP contribution in [0.5, 0.6) is 0 Å². The van der Waals surface area contributed by atoms with E-state index in [0.717, 1.165) is 33.3 Å². The summed E-state index contributed by atoms with van der Waals surface area (Å²) in [4.78, 5) is 34.3. The molecule has 3 aromatic carbocycles. The van der Waals surface area contributed by atoms with Gasteiger partial charge in [0.25, 0.3) is 0 Å². The summed E-state index contributed by atoms with van der Waals surface area (Å²) >= 11 is 0. The maximum atomic E-state index is 13.7. The molecule has 2 atom stereocenters. The average molecular weight is 422 g/mol. The minimum atomic E-state index is -0.503. The van der Waals surface area contributed by atoms with Crippen LogP contribution in [0.4, 0.5) is 0 Å². The smallest absolute Gasteiger partial charge is 0.246 e. The van der Waals surface area contributed by atoms with Gasteiger partial charge in [0.1, 0.15) is 12.6 Å². The van der Waals surface area contributed by atoms with Crippen LogP contribution < -0.4 is 0 Å². The first-order valence-corrected chi connectivity index (χ1v) is 11.0. The number of fused-ring (bicyclic) bond motifs is 4. The largest absolute Gasteiger partial charge is 0.356 e. The summed E-state index contributed by atoms with van der Waals surface area (Å²) in [5, 5.41) is 1.13. The third-order valence-electron chi connectivity index (χ3n) is 6.67. The van der Waals surface area contributed by atoms with Gasteiger partial charge in [-0.3, -0.25) is 9.59 Å². The molecule has 1 aromatic heterocycles. The number of carbonyl (C=O) groups excluding carboxylic acids is 2. The summed E-state index contributed by atoms with van der Waals surface area (Å²) < 4.78 is 0. The fraction of sp³-hybridized carbons (Fsp3) is 0.185. The zero-order valence-electron chi connectivity index (χ0n) is 17.6. The Kier molecular flexibility index (Phi) is 4.35. The van der Waals surface area contributed by atoms with Crippen LogP contribution in [0.25, 0.3) is 10.9 Å². The van der Waals surface area contributed by atoms with Crippen LogP contribution >= 0.6 is 0 Å². The minimum absolute atomic E-state index is 0.0105. The number of para-hydroxylation sites is 1. The van der Waals surface area contributed by atoms with E-state index in [-0.39, 0.29) is 24.4 Å². The second-order valence-corrected chi connectivity index (χ2v) is 8.58. The van der Waals surface area contributed by atoms with E-state index in [1.54, 1.807) is 4.90 Å². The molecule has 0 saturated carbocycles. The molecule has 0 spiro atoms. The second kappa shape index (κ2) is 7.38. The molecule has 5 heteroatoms. The summed E-state index contributed by atoms with van der Waals surface area (Å²) in [6.45, 7) is 0.551. The number of hydrogen-bond acceptors (Lipinski definition) is 2. The van der Waals surface area contributed by atoms with E-state index >= 15 is 0 Å². The summed E-state index contributed by atoms with van der Waals surface area (Å²) in [7, 11) is 0. The van der Waals surface area contributed by atoms with Crippen LogP contribution in [0, 0.1) is 0 Å². The highest BCUT2D eigenvalue weighted by Gasteiger charge is 2.48. The highest BCUT2D eigenvalue weighted by Crippen LogP contribution is 2.42. The SMILES string of the molecule is O=C1[C@@H]2Cc3c([nH]c4ccccc34)[C@H](c3ccccc3)N2C(=O)CN1Cc1ccccc1. The van der Waals surface area contributed by atoms with E-state index < -0.39 is 6.04 Å². The van der Waals surface area contributed by atoms with Gasteiger partial charge in [-0.15, -0.1) is 0 Å². The molecule has 158 valence electrons. The van der Waals surface area contributed by atoms with E-state index in [4.69, 9.17) is 0 Å². The number of carbonyl (C=O) groups is 2. The van der Waals surface area contributed by atoms with E-state index in [1.807, 2.05) is 77.7 Å². The van der Waals surface area contributed by atoms with Gasteiger partial charge in [-0.2, -0.15) is 0 Å². The summed E-state index contributed by atoms with van der Waals surface area (Å²) in [6, 6.07) is 27.3. The Labute approximate surface area is 186 Å². The van der Waals surface area contributed by atoms with Crippen molar-refractivity contribution >= 4 is 22.7 Å². The molecule has 2 aliphatic rings. The first kappa shape index (κ1) is 18.9. The zero-order valence-corrected chi connectivity index (χ0v) is 17.6. The molecule has 3 heterocycles. The maximum absolute atomic E-state index is 13.7. The standard InChI is InChI=1S/C27H23N3O2/c31-24-17-29(16-18-9-3-1-4-10-18)27(32)23-15-21-20-13-7-8-14-22(20)28-25(21)26(30(23)24)19-11-5-2-6-12-19/h1-14,23,26,28H,15-17H2/t23-,26-/m0/s1. The van der Waals surface area contributed by atoms with Crippen LogP contribution in [0.15, 0.2) is 84.9 Å². The van der Waals surface area contributed by atoms with E-state index in [9.17, 15) is 9.59 Å². The second-order valence-electron chi connectivity index (χ2n) is 8.58. The van der Waals surface area contributed by atoms with Gasteiger partial charge in [-0.25, -0.2) is 0 Å². The Morgan fingerprint density at radius 2 is 1.53 bits per heavy atom. The van der Waals surface area contributed by atoms with Crippen molar-refractivity contribution in [3.63, 3.8) is 0 Å². The zero-order chi connectivity index (χ0) is 21.7. The number of nitrogens with one attached hydrogen (secondary N) is 1. The molecular formula is C27H23N3O2. The predicted octanol–water partition coefficient (Wildman–Crippen LogP) is 4.05. The molecule has 1 N–H and O–H groups in total. The topological polar surface area (TPSA) is 56.4 Å². The maximum Gasteiger partial charge on any atom is 0.246 e. The lowest BCUT2D eigenvalue weighted by atomic mass is 9.86. The van der Waals surface area contributed by atoms with E-state index in [2.05, 4.69) is 17.1 Å². The Morgan fingerprint density at radius 3 is 2.31 bits per heavy atom. The van der Waals surface area contributed by atoms with Crippen molar-refractivity contribution in [2.75, 3.05) is 6.54 Å². The summed E-state index contributed by atoms with van der Waals surface area (Å²) in [5.74, 6) is 0.00834. The van der Waals surface area contributed by atoms with Gasteiger partial charge in [0.05, 0.1) is 6.04 Å². The van der Waals surface area contributed by atoms with Crippen molar-refractivity contribution in [3.8, 4) is 0 Å². The van der Waals surface area contributed by atoms with Crippen molar-refractivity contribution in [1.29, 1.82) is 0 Å². The third-order valence-corrected chi connectivity index (χ3v) is 6.67. The molecule has 5 nitrogen and oxygen atoms in total. The highest BCUT2D eigenvalue weighted by molar-refractivity contribution is 5.97. The highest BCUT2D eigenvalue weighted by atomic mass is 16.2. The number of hydrogen-bond donors (Lipinski definition) is 1. The monoisotopic (exact) mass is 421 g/mol. The molecule has 0 aliphatic carbocycles. The van der Waals surface area contributed by atoms with Crippen LogP contribution in [0.3, 0.4) is 0 Å². The Balaban J connectivity index is 1.46. The van der Waals surface area contributed by atoms with E-state index in [0.29, 0.717) is 13.0 Å². The number of piperazine rings is 1. The van der Waals surface area contributed by atoms with Gasteiger partial charge in [0.2, 0.25) is 11.8 Å². The van der Waals surface area contributed by atoms with Gasteiger partial charge in [0.15, 0.2) is 0 Å². The van der Waals surface area contributed by atoms with Crippen LogP contribution in [-0.2, 0) is 22.6 Å². The average Bonchev–Trinajstić information content (AvgIpc) is 3.21. The summed E-state index contributed by atoms with van der Waals surface area (Å²) in [5.41, 5.74) is 5.25. The number of benzene rings is 3. The molecule has 1 saturated heterocycles.